The molecule has 1 aromatic carbocycles. The van der Waals surface area contributed by atoms with Crippen LogP contribution in [0, 0.1) is 6.92 Å². The van der Waals surface area contributed by atoms with Crippen LogP contribution in [0.3, 0.4) is 0 Å². The number of benzene rings is 1. The summed E-state index contributed by atoms with van der Waals surface area (Å²) in [5.41, 5.74) is 9.43. The van der Waals surface area contributed by atoms with Gasteiger partial charge in [0.2, 0.25) is 0 Å². The Hall–Kier alpha value is -2.30. The van der Waals surface area contributed by atoms with Gasteiger partial charge in [-0.3, -0.25) is 9.48 Å². The number of nitrogens with zero attached hydrogens (tertiary/aromatic N) is 2. The van der Waals surface area contributed by atoms with E-state index in [9.17, 15) is 4.79 Å². The molecule has 100 valence electrons. The van der Waals surface area contributed by atoms with Crippen molar-refractivity contribution >= 4 is 17.3 Å². The molecule has 1 heterocycles. The first-order chi connectivity index (χ1) is 9.02. The normalized spacial score (nSPS) is 10.5. The van der Waals surface area contributed by atoms with E-state index < -0.39 is 0 Å². The van der Waals surface area contributed by atoms with Crippen LogP contribution in [0.1, 0.15) is 28.5 Å². The van der Waals surface area contributed by atoms with Gasteiger partial charge in [-0.05, 0) is 25.0 Å². The Morgan fingerprint density at radius 1 is 1.47 bits per heavy atom. The van der Waals surface area contributed by atoms with Crippen molar-refractivity contribution in [3.05, 3.63) is 41.2 Å². The highest BCUT2D eigenvalue weighted by Crippen LogP contribution is 2.23. The minimum Gasteiger partial charge on any atom is -0.397 e. The molecule has 0 radical (unpaired) electrons. The maximum absolute atomic E-state index is 12.3. The summed E-state index contributed by atoms with van der Waals surface area (Å²) in [6.45, 7) is 3.89. The van der Waals surface area contributed by atoms with Gasteiger partial charge in [0.05, 0.1) is 22.6 Å². The molecule has 2 rings (SSSR count). The smallest absolute Gasteiger partial charge is 0.259 e. The summed E-state index contributed by atoms with van der Waals surface area (Å²) >= 11 is 0. The number of amides is 1. The second-order valence-electron chi connectivity index (χ2n) is 4.51. The third-order valence-corrected chi connectivity index (χ3v) is 3.03. The predicted molar refractivity (Wildman–Crippen MR) is 76.1 cm³/mol. The second kappa shape index (κ2) is 5.14. The highest BCUT2D eigenvalue weighted by atomic mass is 16.1. The standard InChI is InChI=1S/C14H18N4O/c1-4-12-10(8-18(3)17-12)14(19)16-13-9(2)6-5-7-11(13)15/h5-8H,4,15H2,1-3H3,(H,16,19). The minimum atomic E-state index is -0.175. The van der Waals surface area contributed by atoms with Crippen molar-refractivity contribution in [2.45, 2.75) is 20.3 Å². The molecule has 5 nitrogen and oxygen atoms in total. The lowest BCUT2D eigenvalue weighted by atomic mass is 10.1. The summed E-state index contributed by atoms with van der Waals surface area (Å²) in [7, 11) is 1.80. The summed E-state index contributed by atoms with van der Waals surface area (Å²) < 4.78 is 1.65. The summed E-state index contributed by atoms with van der Waals surface area (Å²) in [6.07, 6.45) is 2.44. The van der Waals surface area contributed by atoms with Crippen molar-refractivity contribution < 1.29 is 4.79 Å². The largest absolute Gasteiger partial charge is 0.397 e. The monoisotopic (exact) mass is 258 g/mol. The van der Waals surface area contributed by atoms with Crippen molar-refractivity contribution in [3.63, 3.8) is 0 Å². The van der Waals surface area contributed by atoms with E-state index in [1.165, 1.54) is 0 Å². The van der Waals surface area contributed by atoms with Crippen molar-refractivity contribution in [1.82, 2.24) is 9.78 Å². The van der Waals surface area contributed by atoms with Gasteiger partial charge in [-0.1, -0.05) is 19.1 Å². The van der Waals surface area contributed by atoms with Crippen molar-refractivity contribution in [2.75, 3.05) is 11.1 Å². The van der Waals surface area contributed by atoms with Crippen LogP contribution < -0.4 is 11.1 Å². The van der Waals surface area contributed by atoms with Gasteiger partial charge >= 0.3 is 0 Å². The molecule has 1 aromatic heterocycles. The van der Waals surface area contributed by atoms with Gasteiger partial charge < -0.3 is 11.1 Å². The van der Waals surface area contributed by atoms with Gasteiger partial charge in [-0.15, -0.1) is 0 Å². The number of rotatable bonds is 3. The van der Waals surface area contributed by atoms with E-state index in [-0.39, 0.29) is 5.91 Å². The molecule has 0 spiro atoms. The van der Waals surface area contributed by atoms with E-state index in [4.69, 9.17) is 5.73 Å². The number of nitrogens with one attached hydrogen (secondary N) is 1. The van der Waals surface area contributed by atoms with Gasteiger partial charge in [0.25, 0.3) is 5.91 Å². The van der Waals surface area contributed by atoms with E-state index >= 15 is 0 Å². The molecule has 5 heteroatoms. The van der Waals surface area contributed by atoms with Crippen LogP contribution in [-0.4, -0.2) is 15.7 Å². The molecule has 1 amide bonds. The summed E-state index contributed by atoms with van der Waals surface area (Å²) in [6, 6.07) is 5.55. The predicted octanol–water partition coefficient (Wildman–Crippen LogP) is 2.13. The highest BCUT2D eigenvalue weighted by molar-refractivity contribution is 6.06. The molecular weight excluding hydrogens is 240 g/mol. The maximum atomic E-state index is 12.3. The van der Waals surface area contributed by atoms with Crippen molar-refractivity contribution in [3.8, 4) is 0 Å². The molecule has 0 aliphatic heterocycles. The first kappa shape index (κ1) is 13.1. The van der Waals surface area contributed by atoms with Crippen LogP contribution >= 0.6 is 0 Å². The topological polar surface area (TPSA) is 72.9 Å². The van der Waals surface area contributed by atoms with Crippen LogP contribution in [0.25, 0.3) is 0 Å². The van der Waals surface area contributed by atoms with E-state index in [2.05, 4.69) is 10.4 Å². The van der Waals surface area contributed by atoms with Crippen molar-refractivity contribution in [1.29, 1.82) is 0 Å². The average Bonchev–Trinajstić information content (AvgIpc) is 2.75. The molecular formula is C14H18N4O. The zero-order valence-electron chi connectivity index (χ0n) is 11.4. The molecule has 0 bridgehead atoms. The van der Waals surface area contributed by atoms with Crippen LogP contribution in [-0.2, 0) is 13.5 Å². The lowest BCUT2D eigenvalue weighted by molar-refractivity contribution is 0.102. The number of aryl methyl sites for hydroxylation is 3. The molecule has 0 aliphatic carbocycles. The molecule has 3 N–H and O–H groups in total. The number of anilines is 2. The summed E-state index contributed by atoms with van der Waals surface area (Å²) in [5, 5.41) is 7.13. The molecule has 0 atom stereocenters. The number of nitrogen functional groups attached to an aromatic ring is 1. The Bertz CT molecular complexity index is 596. The molecule has 2 aromatic rings. The number of carbonyl (C=O) groups excluding carboxylic acids is 1. The molecule has 0 saturated heterocycles. The van der Waals surface area contributed by atoms with Crippen LogP contribution in [0.5, 0.6) is 0 Å². The zero-order valence-corrected chi connectivity index (χ0v) is 11.4. The van der Waals surface area contributed by atoms with Gasteiger partial charge in [-0.2, -0.15) is 5.10 Å². The third-order valence-electron chi connectivity index (χ3n) is 3.03. The Morgan fingerprint density at radius 3 is 2.84 bits per heavy atom. The Balaban J connectivity index is 2.31. The maximum Gasteiger partial charge on any atom is 0.259 e. The molecule has 0 aliphatic rings. The first-order valence-corrected chi connectivity index (χ1v) is 6.22. The van der Waals surface area contributed by atoms with E-state index in [0.29, 0.717) is 23.4 Å². The van der Waals surface area contributed by atoms with Crippen molar-refractivity contribution in [2.24, 2.45) is 7.05 Å². The molecule has 0 fully saturated rings. The quantitative estimate of drug-likeness (QED) is 0.828. The third kappa shape index (κ3) is 2.59. The highest BCUT2D eigenvalue weighted by Gasteiger charge is 2.16. The Morgan fingerprint density at radius 2 is 2.21 bits per heavy atom. The minimum absolute atomic E-state index is 0.175. The number of aromatic nitrogens is 2. The fourth-order valence-corrected chi connectivity index (χ4v) is 2.03. The zero-order chi connectivity index (χ0) is 14.0. The number of nitrogens with two attached hydrogens (primary N) is 1. The van der Waals surface area contributed by atoms with E-state index in [0.717, 1.165) is 11.3 Å². The van der Waals surface area contributed by atoms with Gasteiger partial charge in [0.1, 0.15) is 0 Å². The molecule has 0 unspecified atom stereocenters. The summed E-state index contributed by atoms with van der Waals surface area (Å²) in [4.78, 5) is 12.3. The number of carbonyl (C=O) groups is 1. The van der Waals surface area contributed by atoms with Gasteiger partial charge in [0.15, 0.2) is 0 Å². The SMILES string of the molecule is CCc1nn(C)cc1C(=O)Nc1c(C)cccc1N. The lowest BCUT2D eigenvalue weighted by Gasteiger charge is -2.10. The van der Waals surface area contributed by atoms with Crippen LogP contribution in [0.15, 0.2) is 24.4 Å². The second-order valence-corrected chi connectivity index (χ2v) is 4.51. The summed E-state index contributed by atoms with van der Waals surface area (Å²) in [5.74, 6) is -0.175. The van der Waals surface area contributed by atoms with Crippen LogP contribution in [0.2, 0.25) is 0 Å². The fraction of sp³-hybridized carbons (Fsp3) is 0.286. The number of hydrogen-bond acceptors (Lipinski definition) is 3. The lowest BCUT2D eigenvalue weighted by Crippen LogP contribution is -2.15. The molecule has 19 heavy (non-hydrogen) atoms. The number of para-hydroxylation sites is 1. The Kier molecular flexibility index (Phi) is 3.55. The fourth-order valence-electron chi connectivity index (χ4n) is 2.03. The van der Waals surface area contributed by atoms with Gasteiger partial charge in [-0.25, -0.2) is 0 Å². The van der Waals surface area contributed by atoms with E-state index in [1.54, 1.807) is 24.0 Å². The van der Waals surface area contributed by atoms with Gasteiger partial charge in [0, 0.05) is 13.2 Å². The molecule has 0 saturated carbocycles. The van der Waals surface area contributed by atoms with Crippen LogP contribution in [0.4, 0.5) is 11.4 Å². The first-order valence-electron chi connectivity index (χ1n) is 6.22. The average molecular weight is 258 g/mol. The van der Waals surface area contributed by atoms with E-state index in [1.807, 2.05) is 26.0 Å². The Labute approximate surface area is 112 Å². The number of hydrogen-bond donors (Lipinski definition) is 2.